The molecule has 0 saturated carbocycles. The Balaban J connectivity index is 1.80. The summed E-state index contributed by atoms with van der Waals surface area (Å²) in [5, 5.41) is 0. The predicted molar refractivity (Wildman–Crippen MR) is 94.6 cm³/mol. The summed E-state index contributed by atoms with van der Waals surface area (Å²) in [4.78, 5) is 18.2. The van der Waals surface area contributed by atoms with Crippen LogP contribution in [0.3, 0.4) is 0 Å². The van der Waals surface area contributed by atoms with E-state index in [1.54, 1.807) is 4.90 Å². The summed E-state index contributed by atoms with van der Waals surface area (Å²) in [6.45, 7) is 1.19. The van der Waals surface area contributed by atoms with Gasteiger partial charge < -0.3 is 14.1 Å². The average molecular weight is 379 g/mol. The van der Waals surface area contributed by atoms with Gasteiger partial charge in [-0.25, -0.2) is 18.2 Å². The number of carbonyl (C=O) groups excluding carboxylic acids is 1. The van der Waals surface area contributed by atoms with Crippen molar-refractivity contribution in [1.82, 2.24) is 14.6 Å². The summed E-state index contributed by atoms with van der Waals surface area (Å²) in [6.07, 6.45) is 3.33. The molecule has 1 atom stereocenters. The lowest BCUT2D eigenvalue weighted by molar-refractivity contribution is 0.0510. The summed E-state index contributed by atoms with van der Waals surface area (Å²) in [7, 11) is -3.63. The smallest absolute Gasteiger partial charge is 0.411 e. The zero-order chi connectivity index (χ0) is 18.6. The number of nitrogens with one attached hydrogen (secondary N) is 1. The van der Waals surface area contributed by atoms with Gasteiger partial charge in [-0.1, -0.05) is 18.2 Å². The maximum absolute atomic E-state index is 12.4. The fourth-order valence-corrected chi connectivity index (χ4v) is 3.27. The molecule has 1 saturated heterocycles. The SMILES string of the molecule is CS(=O)(=O)NC(OC(=O)N1CCCCC1)c1coc(-c2ccccc2)n1. The van der Waals surface area contributed by atoms with Crippen LogP contribution in [0, 0.1) is 0 Å². The molecule has 2 heterocycles. The molecule has 140 valence electrons. The van der Waals surface area contributed by atoms with Crippen LogP contribution >= 0.6 is 0 Å². The lowest BCUT2D eigenvalue weighted by atomic mass is 10.1. The monoisotopic (exact) mass is 379 g/mol. The van der Waals surface area contributed by atoms with Gasteiger partial charge in [-0.05, 0) is 31.4 Å². The Morgan fingerprint density at radius 2 is 1.92 bits per heavy atom. The maximum atomic E-state index is 12.4. The number of amides is 1. The molecule has 1 N–H and O–H groups in total. The van der Waals surface area contributed by atoms with E-state index in [-0.39, 0.29) is 5.69 Å². The fourth-order valence-electron chi connectivity index (χ4n) is 2.71. The van der Waals surface area contributed by atoms with Gasteiger partial charge in [-0.15, -0.1) is 0 Å². The Labute approximate surface area is 152 Å². The molecule has 9 heteroatoms. The van der Waals surface area contributed by atoms with Crippen molar-refractivity contribution in [3.8, 4) is 11.5 Å². The van der Waals surface area contributed by atoms with E-state index in [1.165, 1.54) is 6.26 Å². The van der Waals surface area contributed by atoms with Crippen molar-refractivity contribution in [2.45, 2.75) is 25.5 Å². The fraction of sp³-hybridized carbons (Fsp3) is 0.412. The molecule has 0 spiro atoms. The average Bonchev–Trinajstić information content (AvgIpc) is 3.12. The summed E-state index contributed by atoms with van der Waals surface area (Å²) < 4.78 is 36.4. The number of ether oxygens (including phenoxy) is 1. The zero-order valence-corrected chi connectivity index (χ0v) is 15.2. The highest BCUT2D eigenvalue weighted by atomic mass is 32.2. The van der Waals surface area contributed by atoms with Crippen molar-refractivity contribution >= 4 is 16.1 Å². The molecule has 2 aromatic rings. The summed E-state index contributed by atoms with van der Waals surface area (Å²) in [6, 6.07) is 9.16. The summed E-state index contributed by atoms with van der Waals surface area (Å²) in [5.74, 6) is 0.315. The molecule has 1 fully saturated rings. The van der Waals surface area contributed by atoms with E-state index in [4.69, 9.17) is 9.15 Å². The first-order valence-electron chi connectivity index (χ1n) is 8.36. The number of rotatable bonds is 5. The number of hydrogen-bond donors (Lipinski definition) is 1. The minimum absolute atomic E-state index is 0.180. The highest BCUT2D eigenvalue weighted by Gasteiger charge is 2.27. The van der Waals surface area contributed by atoms with Crippen LogP contribution in [0.2, 0.25) is 0 Å². The Morgan fingerprint density at radius 3 is 2.58 bits per heavy atom. The van der Waals surface area contributed by atoms with Crippen LogP contribution in [0.1, 0.15) is 31.2 Å². The molecule has 26 heavy (non-hydrogen) atoms. The second-order valence-electron chi connectivity index (χ2n) is 6.15. The normalized spacial score (nSPS) is 16.3. The van der Waals surface area contributed by atoms with Crippen molar-refractivity contribution in [2.75, 3.05) is 19.3 Å². The Bertz CT molecular complexity index is 844. The molecule has 1 unspecified atom stereocenters. The number of likely N-dealkylation sites (tertiary alicyclic amines) is 1. The van der Waals surface area contributed by atoms with Gasteiger partial charge >= 0.3 is 6.09 Å². The molecule has 0 radical (unpaired) electrons. The number of sulfonamides is 1. The van der Waals surface area contributed by atoms with Crippen molar-refractivity contribution in [3.63, 3.8) is 0 Å². The van der Waals surface area contributed by atoms with Crippen LogP contribution in [0.15, 0.2) is 41.0 Å². The Morgan fingerprint density at radius 1 is 1.23 bits per heavy atom. The van der Waals surface area contributed by atoms with Crippen LogP contribution in [-0.2, 0) is 14.8 Å². The van der Waals surface area contributed by atoms with Gasteiger partial charge in [-0.3, -0.25) is 0 Å². The molecule has 0 aliphatic carbocycles. The Hall–Kier alpha value is -2.39. The van der Waals surface area contributed by atoms with Crippen LogP contribution in [0.4, 0.5) is 4.79 Å². The van der Waals surface area contributed by atoms with E-state index >= 15 is 0 Å². The molecule has 0 bridgehead atoms. The van der Waals surface area contributed by atoms with Gasteiger partial charge in [0.05, 0.1) is 6.26 Å². The van der Waals surface area contributed by atoms with Crippen LogP contribution in [0.5, 0.6) is 0 Å². The molecular weight excluding hydrogens is 358 g/mol. The molecular formula is C17H21N3O5S. The third kappa shape index (κ3) is 4.83. The second kappa shape index (κ2) is 7.88. The number of benzene rings is 1. The minimum Gasteiger partial charge on any atom is -0.444 e. The van der Waals surface area contributed by atoms with E-state index in [0.717, 1.165) is 31.1 Å². The Kier molecular flexibility index (Phi) is 5.58. The first kappa shape index (κ1) is 18.4. The van der Waals surface area contributed by atoms with Crippen LogP contribution in [0.25, 0.3) is 11.5 Å². The number of carbonyl (C=O) groups is 1. The lowest BCUT2D eigenvalue weighted by Gasteiger charge is -2.27. The third-order valence-electron chi connectivity index (χ3n) is 3.97. The highest BCUT2D eigenvalue weighted by Crippen LogP contribution is 2.23. The topological polar surface area (TPSA) is 102 Å². The number of oxazole rings is 1. The number of aromatic nitrogens is 1. The summed E-state index contributed by atoms with van der Waals surface area (Å²) >= 11 is 0. The van der Waals surface area contributed by atoms with Gasteiger partial charge in [0, 0.05) is 18.7 Å². The molecule has 8 nitrogen and oxygen atoms in total. The number of piperidine rings is 1. The lowest BCUT2D eigenvalue weighted by Crippen LogP contribution is -2.40. The minimum atomic E-state index is -3.63. The van der Waals surface area contributed by atoms with E-state index in [2.05, 4.69) is 9.71 Å². The summed E-state index contributed by atoms with van der Waals surface area (Å²) in [5.41, 5.74) is 0.916. The third-order valence-corrected chi connectivity index (χ3v) is 4.61. The van der Waals surface area contributed by atoms with Gasteiger partial charge in [0.2, 0.25) is 22.1 Å². The first-order chi connectivity index (χ1) is 12.4. The van der Waals surface area contributed by atoms with Crippen LogP contribution < -0.4 is 4.72 Å². The van der Waals surface area contributed by atoms with Crippen molar-refractivity contribution in [3.05, 3.63) is 42.3 Å². The molecule has 1 amide bonds. The maximum Gasteiger partial charge on any atom is 0.411 e. The molecule has 1 aromatic heterocycles. The van der Waals surface area contributed by atoms with Crippen molar-refractivity contribution < 1.29 is 22.4 Å². The van der Waals surface area contributed by atoms with Crippen molar-refractivity contribution in [1.29, 1.82) is 0 Å². The molecule has 3 rings (SSSR count). The van der Waals surface area contributed by atoms with E-state index in [9.17, 15) is 13.2 Å². The van der Waals surface area contributed by atoms with E-state index in [1.807, 2.05) is 30.3 Å². The second-order valence-corrected chi connectivity index (χ2v) is 7.93. The van der Waals surface area contributed by atoms with E-state index in [0.29, 0.717) is 19.0 Å². The zero-order valence-electron chi connectivity index (χ0n) is 14.4. The quantitative estimate of drug-likeness (QED) is 0.801. The van der Waals surface area contributed by atoms with Crippen molar-refractivity contribution in [2.24, 2.45) is 0 Å². The largest absolute Gasteiger partial charge is 0.444 e. The number of nitrogens with zero attached hydrogens (tertiary/aromatic N) is 2. The van der Waals surface area contributed by atoms with E-state index < -0.39 is 22.3 Å². The highest BCUT2D eigenvalue weighted by molar-refractivity contribution is 7.88. The first-order valence-corrected chi connectivity index (χ1v) is 10.3. The molecule has 1 aliphatic rings. The molecule has 1 aromatic carbocycles. The number of hydrogen-bond acceptors (Lipinski definition) is 6. The van der Waals surface area contributed by atoms with Gasteiger partial charge in [0.1, 0.15) is 12.0 Å². The van der Waals surface area contributed by atoms with Gasteiger partial charge in [0.15, 0.2) is 0 Å². The molecule has 1 aliphatic heterocycles. The van der Waals surface area contributed by atoms with Crippen LogP contribution in [-0.4, -0.2) is 43.7 Å². The standard InChI is InChI=1S/C17H21N3O5S/c1-26(22,23)19-16(25-17(21)20-10-6-3-7-11-20)14-12-24-15(18-14)13-8-4-2-5-9-13/h2,4-5,8-9,12,16,19H,3,6-7,10-11H2,1H3. The van der Waals surface area contributed by atoms with Gasteiger partial charge in [0.25, 0.3) is 0 Å². The van der Waals surface area contributed by atoms with Gasteiger partial charge in [-0.2, -0.15) is 4.72 Å². The predicted octanol–water partition coefficient (Wildman–Crippen LogP) is 2.51.